The van der Waals surface area contributed by atoms with Crippen LogP contribution in [0.2, 0.25) is 0 Å². The zero-order chi connectivity index (χ0) is 30.9. The topological polar surface area (TPSA) is 81.0 Å². The van der Waals surface area contributed by atoms with Gasteiger partial charge in [-0.15, -0.1) is 0 Å². The molecule has 3 N–H and O–H groups in total. The zero-order valence-corrected chi connectivity index (χ0v) is 26.2. The highest BCUT2D eigenvalue weighted by Gasteiger charge is 2.54. The molecular formula is C39H49NO4. The van der Waals surface area contributed by atoms with Gasteiger partial charge in [-0.1, -0.05) is 91.9 Å². The van der Waals surface area contributed by atoms with Crippen LogP contribution in [0.15, 0.2) is 96.1 Å². The average molecular weight is 596 g/mol. The van der Waals surface area contributed by atoms with Gasteiger partial charge in [-0.25, -0.2) is 0 Å². The SMILES string of the molecule is C=C1/C(=C\C=C2/CCC[C@]3(C)C(CC4CC(O)(Cc5ccccc5)C(=O)N4CCc4ccccc4)CC[C@@H]23)C[C@@H](O)C[C@@H]1O. The molecule has 0 spiro atoms. The zero-order valence-electron chi connectivity index (χ0n) is 26.2. The molecular weight excluding hydrogens is 546 g/mol. The van der Waals surface area contributed by atoms with Crippen molar-refractivity contribution in [2.45, 2.75) is 101 Å². The molecule has 3 aliphatic carbocycles. The van der Waals surface area contributed by atoms with E-state index in [2.05, 4.69) is 37.8 Å². The number of hydrogen-bond donors (Lipinski definition) is 3. The van der Waals surface area contributed by atoms with Crippen LogP contribution in [0.4, 0.5) is 0 Å². The molecule has 4 aliphatic rings. The van der Waals surface area contributed by atoms with E-state index in [1.807, 2.05) is 53.4 Å². The molecule has 2 aromatic carbocycles. The number of fused-ring (bicyclic) bond motifs is 1. The number of amides is 1. The Hall–Kier alpha value is -2.99. The Morgan fingerprint density at radius 3 is 2.43 bits per heavy atom. The minimum atomic E-state index is -1.37. The number of benzene rings is 2. The molecule has 44 heavy (non-hydrogen) atoms. The van der Waals surface area contributed by atoms with Gasteiger partial charge in [0.25, 0.3) is 5.91 Å². The Bertz CT molecular complexity index is 1400. The molecule has 3 unspecified atom stereocenters. The van der Waals surface area contributed by atoms with E-state index in [9.17, 15) is 20.1 Å². The van der Waals surface area contributed by atoms with Gasteiger partial charge in [-0.3, -0.25) is 4.79 Å². The fraction of sp³-hybridized carbons (Fsp3) is 0.513. The van der Waals surface area contributed by atoms with Gasteiger partial charge in [0.2, 0.25) is 0 Å². The number of nitrogens with zero attached hydrogens (tertiary/aromatic N) is 1. The van der Waals surface area contributed by atoms with Crippen molar-refractivity contribution in [2.24, 2.45) is 17.3 Å². The Balaban J connectivity index is 1.21. The molecule has 1 saturated heterocycles. The number of aliphatic hydroxyl groups excluding tert-OH is 2. The van der Waals surface area contributed by atoms with E-state index in [0.29, 0.717) is 44.1 Å². The molecule has 1 amide bonds. The summed E-state index contributed by atoms with van der Waals surface area (Å²) < 4.78 is 0. The van der Waals surface area contributed by atoms with Crippen LogP contribution in [0, 0.1) is 17.3 Å². The van der Waals surface area contributed by atoms with Crippen LogP contribution in [0.25, 0.3) is 0 Å². The summed E-state index contributed by atoms with van der Waals surface area (Å²) in [6.45, 7) is 7.18. The van der Waals surface area contributed by atoms with E-state index in [4.69, 9.17) is 0 Å². The van der Waals surface area contributed by atoms with Crippen LogP contribution in [0.3, 0.4) is 0 Å². The minimum absolute atomic E-state index is 0.0190. The molecule has 234 valence electrons. The van der Waals surface area contributed by atoms with Crippen LogP contribution in [0.5, 0.6) is 0 Å². The fourth-order valence-electron chi connectivity index (χ4n) is 9.02. The van der Waals surface area contributed by atoms with Crippen LogP contribution in [-0.2, 0) is 17.6 Å². The predicted octanol–water partition coefficient (Wildman–Crippen LogP) is 6.33. The third kappa shape index (κ3) is 6.24. The predicted molar refractivity (Wildman–Crippen MR) is 175 cm³/mol. The Morgan fingerprint density at radius 1 is 1.00 bits per heavy atom. The summed E-state index contributed by atoms with van der Waals surface area (Å²) in [5.41, 5.74) is 4.16. The fourth-order valence-corrected chi connectivity index (χ4v) is 9.02. The smallest absolute Gasteiger partial charge is 0.255 e. The van der Waals surface area contributed by atoms with Crippen molar-refractivity contribution in [2.75, 3.05) is 6.54 Å². The van der Waals surface area contributed by atoms with Crippen molar-refractivity contribution in [3.63, 3.8) is 0 Å². The van der Waals surface area contributed by atoms with Crippen molar-refractivity contribution in [1.29, 1.82) is 0 Å². The Labute approximate surface area is 263 Å². The number of carbonyl (C=O) groups excluding carboxylic acids is 1. The highest BCUT2D eigenvalue weighted by molar-refractivity contribution is 5.88. The molecule has 0 aromatic heterocycles. The first kappa shape index (κ1) is 31.0. The standard InChI is InChI=1S/C39H49NO4/c1-27-31(22-34(41)24-36(27)42)16-15-30-14-9-20-38(2)32(17-18-35(30)38)23-33-26-39(44,25-29-12-7-4-8-13-29)37(43)40(33)21-19-28-10-5-3-6-11-28/h3-8,10-13,15-16,32-36,41-42,44H,1,9,14,17-26H2,2H3/b30-15+,31-16-/t32?,33?,34-,35+,36+,38-,39?/m1/s1. The number of rotatable bonds is 8. The van der Waals surface area contributed by atoms with Gasteiger partial charge in [0.05, 0.1) is 12.2 Å². The van der Waals surface area contributed by atoms with E-state index in [1.54, 1.807) is 0 Å². The highest BCUT2D eigenvalue weighted by Crippen LogP contribution is 2.59. The minimum Gasteiger partial charge on any atom is -0.393 e. The summed E-state index contributed by atoms with van der Waals surface area (Å²) >= 11 is 0. The molecule has 1 aliphatic heterocycles. The lowest BCUT2D eigenvalue weighted by Crippen LogP contribution is -2.43. The lowest BCUT2D eigenvalue weighted by molar-refractivity contribution is -0.143. The Morgan fingerprint density at radius 2 is 1.70 bits per heavy atom. The lowest BCUT2D eigenvalue weighted by Gasteiger charge is -2.43. The van der Waals surface area contributed by atoms with E-state index in [0.717, 1.165) is 55.2 Å². The summed E-state index contributed by atoms with van der Waals surface area (Å²) in [7, 11) is 0. The van der Waals surface area contributed by atoms with Crippen LogP contribution >= 0.6 is 0 Å². The molecule has 4 fully saturated rings. The van der Waals surface area contributed by atoms with Crippen molar-refractivity contribution in [1.82, 2.24) is 4.90 Å². The third-order valence-electron chi connectivity index (χ3n) is 11.5. The quantitative estimate of drug-likeness (QED) is 0.333. The van der Waals surface area contributed by atoms with E-state index in [-0.39, 0.29) is 17.4 Å². The number of allylic oxidation sites excluding steroid dienone is 3. The first-order chi connectivity index (χ1) is 21.2. The second kappa shape index (κ2) is 12.8. The summed E-state index contributed by atoms with van der Waals surface area (Å²) in [5.74, 6) is 0.853. The van der Waals surface area contributed by atoms with Crippen molar-refractivity contribution >= 4 is 5.91 Å². The molecule has 0 bridgehead atoms. The monoisotopic (exact) mass is 595 g/mol. The maximum absolute atomic E-state index is 14.0. The van der Waals surface area contributed by atoms with Gasteiger partial charge in [0.1, 0.15) is 5.60 Å². The van der Waals surface area contributed by atoms with Gasteiger partial charge >= 0.3 is 0 Å². The summed E-state index contributed by atoms with van der Waals surface area (Å²) in [4.78, 5) is 16.0. The number of hydrogen-bond acceptors (Lipinski definition) is 4. The van der Waals surface area contributed by atoms with E-state index >= 15 is 0 Å². The Kier molecular flexibility index (Phi) is 9.01. The maximum atomic E-state index is 14.0. The van der Waals surface area contributed by atoms with Gasteiger partial charge < -0.3 is 20.2 Å². The molecule has 5 heteroatoms. The number of likely N-dealkylation sites (tertiary alicyclic amines) is 1. The van der Waals surface area contributed by atoms with Crippen molar-refractivity contribution < 1.29 is 20.1 Å². The first-order valence-corrected chi connectivity index (χ1v) is 16.7. The van der Waals surface area contributed by atoms with Crippen molar-refractivity contribution in [3.05, 3.63) is 107 Å². The van der Waals surface area contributed by atoms with Gasteiger partial charge in [-0.05, 0) is 90.9 Å². The summed E-state index contributed by atoms with van der Waals surface area (Å²) in [6, 6.07) is 20.3. The summed E-state index contributed by atoms with van der Waals surface area (Å²) in [5, 5.41) is 32.4. The highest BCUT2D eigenvalue weighted by atomic mass is 16.3. The third-order valence-corrected chi connectivity index (χ3v) is 11.5. The molecule has 7 atom stereocenters. The maximum Gasteiger partial charge on any atom is 0.255 e. The van der Waals surface area contributed by atoms with Gasteiger partial charge in [0, 0.05) is 31.8 Å². The molecule has 6 rings (SSSR count). The van der Waals surface area contributed by atoms with Crippen LogP contribution in [0.1, 0.15) is 75.8 Å². The van der Waals surface area contributed by atoms with E-state index < -0.39 is 17.8 Å². The molecule has 2 aromatic rings. The second-order valence-corrected chi connectivity index (χ2v) is 14.3. The number of aliphatic hydroxyl groups is 3. The summed E-state index contributed by atoms with van der Waals surface area (Å²) in [6.07, 6.45) is 12.3. The molecule has 5 nitrogen and oxygen atoms in total. The second-order valence-electron chi connectivity index (χ2n) is 14.3. The van der Waals surface area contributed by atoms with Crippen molar-refractivity contribution in [3.8, 4) is 0 Å². The van der Waals surface area contributed by atoms with Gasteiger partial charge in [-0.2, -0.15) is 0 Å². The molecule has 3 saturated carbocycles. The lowest BCUT2D eigenvalue weighted by atomic mass is 9.62. The molecule has 1 heterocycles. The van der Waals surface area contributed by atoms with E-state index in [1.165, 1.54) is 17.6 Å². The van der Waals surface area contributed by atoms with Crippen LogP contribution in [-0.4, -0.2) is 56.5 Å². The average Bonchev–Trinajstić information content (AvgIpc) is 3.46. The van der Waals surface area contributed by atoms with Crippen LogP contribution < -0.4 is 0 Å². The molecule has 0 radical (unpaired) electrons. The number of carbonyl (C=O) groups is 1. The normalized spacial score (nSPS) is 35.9. The first-order valence-electron chi connectivity index (χ1n) is 16.7. The largest absolute Gasteiger partial charge is 0.393 e. The van der Waals surface area contributed by atoms with Gasteiger partial charge in [0.15, 0.2) is 0 Å².